The predicted molar refractivity (Wildman–Crippen MR) is 94.3 cm³/mol. The van der Waals surface area contributed by atoms with Crippen LogP contribution in [0.25, 0.3) is 0 Å². The number of benzene rings is 2. The number of piperazine rings is 1. The molecular formula is C18H20ClFN3O+. The van der Waals surface area contributed by atoms with E-state index in [0.717, 1.165) is 26.2 Å². The lowest BCUT2D eigenvalue weighted by Gasteiger charge is -2.33. The minimum atomic E-state index is -0.416. The van der Waals surface area contributed by atoms with Crippen molar-refractivity contribution in [2.24, 2.45) is 0 Å². The normalized spacial score (nSPS) is 15.3. The Morgan fingerprint density at radius 3 is 2.54 bits per heavy atom. The largest absolute Gasteiger partial charge is 0.360 e. The van der Waals surface area contributed by atoms with Crippen LogP contribution in [-0.2, 0) is 4.79 Å². The second kappa shape index (κ2) is 7.64. The molecule has 2 aromatic rings. The lowest BCUT2D eigenvalue weighted by Crippen LogP contribution is -3.15. The summed E-state index contributed by atoms with van der Waals surface area (Å²) < 4.78 is 13.0. The number of carbonyl (C=O) groups is 1. The number of nitrogens with zero attached hydrogens (tertiary/aromatic N) is 1. The van der Waals surface area contributed by atoms with E-state index in [4.69, 9.17) is 11.6 Å². The van der Waals surface area contributed by atoms with Crippen LogP contribution in [0.3, 0.4) is 0 Å². The number of hydrogen-bond donors (Lipinski definition) is 2. The molecule has 1 amide bonds. The Morgan fingerprint density at radius 1 is 1.17 bits per heavy atom. The third kappa shape index (κ3) is 4.24. The Balaban J connectivity index is 1.50. The van der Waals surface area contributed by atoms with Crippen LogP contribution in [-0.4, -0.2) is 38.6 Å². The second-order valence-corrected chi connectivity index (χ2v) is 6.33. The molecule has 0 aromatic heterocycles. The molecule has 0 spiro atoms. The van der Waals surface area contributed by atoms with E-state index < -0.39 is 5.82 Å². The minimum absolute atomic E-state index is 0.105. The first kappa shape index (κ1) is 16.7. The third-order valence-electron chi connectivity index (χ3n) is 4.21. The number of rotatable bonds is 4. The van der Waals surface area contributed by atoms with Gasteiger partial charge in [-0.15, -0.1) is 0 Å². The fraction of sp³-hybridized carbons (Fsp3) is 0.278. The average Bonchev–Trinajstić information content (AvgIpc) is 2.59. The first-order chi connectivity index (χ1) is 11.6. The summed E-state index contributed by atoms with van der Waals surface area (Å²) in [5.41, 5.74) is 1.67. The summed E-state index contributed by atoms with van der Waals surface area (Å²) in [7, 11) is 0. The minimum Gasteiger partial charge on any atom is -0.360 e. The molecule has 1 saturated heterocycles. The molecular weight excluding hydrogens is 329 g/mol. The van der Waals surface area contributed by atoms with Gasteiger partial charge in [0.05, 0.1) is 36.9 Å². The number of hydrogen-bond acceptors (Lipinski definition) is 2. The molecule has 0 bridgehead atoms. The molecule has 1 fully saturated rings. The number of anilines is 2. The maximum Gasteiger partial charge on any atom is 0.279 e. The van der Waals surface area contributed by atoms with Gasteiger partial charge in [0, 0.05) is 5.69 Å². The summed E-state index contributed by atoms with van der Waals surface area (Å²) in [4.78, 5) is 15.7. The van der Waals surface area contributed by atoms with Crippen LogP contribution in [0.15, 0.2) is 48.5 Å². The Bertz CT molecular complexity index is 703. The monoisotopic (exact) mass is 348 g/mol. The number of nitrogens with one attached hydrogen (secondary N) is 2. The van der Waals surface area contributed by atoms with Crippen molar-refractivity contribution in [1.82, 2.24) is 0 Å². The number of quaternary nitrogens is 1. The van der Waals surface area contributed by atoms with E-state index in [2.05, 4.69) is 22.3 Å². The molecule has 24 heavy (non-hydrogen) atoms. The van der Waals surface area contributed by atoms with E-state index >= 15 is 0 Å². The molecule has 1 heterocycles. The molecule has 3 rings (SSSR count). The van der Waals surface area contributed by atoms with Crippen molar-refractivity contribution >= 4 is 28.9 Å². The first-order valence-electron chi connectivity index (χ1n) is 8.00. The summed E-state index contributed by atoms with van der Waals surface area (Å²) in [5, 5.41) is 2.97. The fourth-order valence-electron chi connectivity index (χ4n) is 2.91. The topological polar surface area (TPSA) is 36.8 Å². The van der Waals surface area contributed by atoms with Crippen molar-refractivity contribution in [3.05, 3.63) is 59.4 Å². The zero-order valence-electron chi connectivity index (χ0n) is 13.3. The molecule has 126 valence electrons. The van der Waals surface area contributed by atoms with Gasteiger partial charge in [-0.2, -0.15) is 0 Å². The van der Waals surface area contributed by atoms with Gasteiger partial charge in [-0.1, -0.05) is 29.8 Å². The van der Waals surface area contributed by atoms with Crippen molar-refractivity contribution in [3.8, 4) is 0 Å². The zero-order valence-corrected chi connectivity index (χ0v) is 14.0. The maximum absolute atomic E-state index is 13.0. The molecule has 1 aliphatic rings. The molecule has 0 unspecified atom stereocenters. The van der Waals surface area contributed by atoms with Crippen LogP contribution in [0.2, 0.25) is 5.02 Å². The standard InChI is InChI=1S/C18H19ClFN3O/c19-16-12-14(20)6-7-17(16)21-18(24)13-22-8-10-23(11-9-22)15-4-2-1-3-5-15/h1-7,12H,8-11,13H2,(H,21,24)/p+1. The van der Waals surface area contributed by atoms with Gasteiger partial charge in [0.25, 0.3) is 5.91 Å². The molecule has 0 atom stereocenters. The van der Waals surface area contributed by atoms with Gasteiger partial charge in [0.15, 0.2) is 6.54 Å². The van der Waals surface area contributed by atoms with Crippen LogP contribution in [0.5, 0.6) is 0 Å². The quantitative estimate of drug-likeness (QED) is 0.884. The van der Waals surface area contributed by atoms with E-state index in [9.17, 15) is 9.18 Å². The molecule has 1 aliphatic heterocycles. The van der Waals surface area contributed by atoms with Crippen molar-refractivity contribution in [2.75, 3.05) is 42.9 Å². The van der Waals surface area contributed by atoms with E-state index in [1.807, 2.05) is 18.2 Å². The van der Waals surface area contributed by atoms with E-state index in [-0.39, 0.29) is 10.9 Å². The van der Waals surface area contributed by atoms with E-state index in [1.54, 1.807) is 0 Å². The Morgan fingerprint density at radius 2 is 1.88 bits per heavy atom. The molecule has 0 aliphatic carbocycles. The molecule has 0 radical (unpaired) electrons. The molecule has 6 heteroatoms. The van der Waals surface area contributed by atoms with Gasteiger partial charge in [-0.3, -0.25) is 4.79 Å². The summed E-state index contributed by atoms with van der Waals surface area (Å²) in [6.45, 7) is 4.03. The maximum atomic E-state index is 13.0. The van der Waals surface area contributed by atoms with Gasteiger partial charge in [-0.05, 0) is 30.3 Å². The van der Waals surface area contributed by atoms with E-state index in [0.29, 0.717) is 12.2 Å². The van der Waals surface area contributed by atoms with Crippen LogP contribution < -0.4 is 15.1 Å². The van der Waals surface area contributed by atoms with Crippen LogP contribution >= 0.6 is 11.6 Å². The number of halogens is 2. The summed E-state index contributed by atoms with van der Waals surface area (Å²) >= 11 is 5.94. The first-order valence-corrected chi connectivity index (χ1v) is 8.38. The van der Waals surface area contributed by atoms with Crippen LogP contribution in [0.1, 0.15) is 0 Å². The highest BCUT2D eigenvalue weighted by Crippen LogP contribution is 2.22. The third-order valence-corrected chi connectivity index (χ3v) is 4.52. The lowest BCUT2D eigenvalue weighted by molar-refractivity contribution is -0.892. The average molecular weight is 349 g/mol. The Hall–Kier alpha value is -2.11. The Labute approximate surface area is 145 Å². The van der Waals surface area contributed by atoms with Crippen molar-refractivity contribution in [2.45, 2.75) is 0 Å². The van der Waals surface area contributed by atoms with E-state index in [1.165, 1.54) is 28.8 Å². The van der Waals surface area contributed by atoms with Crippen molar-refractivity contribution in [1.29, 1.82) is 0 Å². The number of para-hydroxylation sites is 1. The van der Waals surface area contributed by atoms with Crippen LogP contribution in [0, 0.1) is 5.82 Å². The SMILES string of the molecule is O=C(C[NH+]1CCN(c2ccccc2)CC1)Nc1ccc(F)cc1Cl. The Kier molecular flexibility index (Phi) is 5.33. The highest BCUT2D eigenvalue weighted by Gasteiger charge is 2.22. The summed E-state index contributed by atoms with van der Waals surface area (Å²) in [6.07, 6.45) is 0. The summed E-state index contributed by atoms with van der Waals surface area (Å²) in [6, 6.07) is 14.3. The molecule has 0 saturated carbocycles. The summed E-state index contributed by atoms with van der Waals surface area (Å²) in [5.74, 6) is -0.521. The van der Waals surface area contributed by atoms with Crippen molar-refractivity contribution in [3.63, 3.8) is 0 Å². The molecule has 4 nitrogen and oxygen atoms in total. The second-order valence-electron chi connectivity index (χ2n) is 5.92. The number of amides is 1. The van der Waals surface area contributed by atoms with Gasteiger partial charge < -0.3 is 15.1 Å². The van der Waals surface area contributed by atoms with Gasteiger partial charge >= 0.3 is 0 Å². The number of carbonyl (C=O) groups excluding carboxylic acids is 1. The van der Waals surface area contributed by atoms with Gasteiger partial charge in [-0.25, -0.2) is 4.39 Å². The van der Waals surface area contributed by atoms with Gasteiger partial charge in [0.2, 0.25) is 0 Å². The highest BCUT2D eigenvalue weighted by molar-refractivity contribution is 6.33. The fourth-order valence-corrected chi connectivity index (χ4v) is 3.12. The molecule has 2 N–H and O–H groups in total. The highest BCUT2D eigenvalue weighted by atomic mass is 35.5. The molecule has 2 aromatic carbocycles. The van der Waals surface area contributed by atoms with Gasteiger partial charge in [0.1, 0.15) is 5.82 Å². The van der Waals surface area contributed by atoms with Crippen LogP contribution in [0.4, 0.5) is 15.8 Å². The van der Waals surface area contributed by atoms with Crippen molar-refractivity contribution < 1.29 is 14.1 Å². The zero-order chi connectivity index (χ0) is 16.9. The predicted octanol–water partition coefficient (Wildman–Crippen LogP) is 1.82. The lowest BCUT2D eigenvalue weighted by atomic mass is 10.2. The smallest absolute Gasteiger partial charge is 0.279 e.